The zero-order valence-corrected chi connectivity index (χ0v) is 10.9. The number of nitrogens with two attached hydrogens (primary N) is 1. The first-order valence-corrected chi connectivity index (χ1v) is 7.24. The van der Waals surface area contributed by atoms with Crippen molar-refractivity contribution in [3.05, 3.63) is 42.6 Å². The molecule has 0 bridgehead atoms. The predicted octanol–water partition coefficient (Wildman–Crippen LogP) is -0.641. The van der Waals surface area contributed by atoms with Gasteiger partial charge in [-0.15, -0.1) is 6.58 Å². The maximum Gasteiger partial charge on any atom is 0.250 e. The molecule has 0 fully saturated rings. The molecule has 1 aromatic carbocycles. The van der Waals surface area contributed by atoms with Crippen LogP contribution in [0.2, 0.25) is 0 Å². The van der Waals surface area contributed by atoms with E-state index < -0.39 is 8.32 Å². The lowest BCUT2D eigenvalue weighted by Crippen LogP contribution is -2.55. The van der Waals surface area contributed by atoms with Crippen molar-refractivity contribution in [2.24, 2.45) is 5.73 Å². The van der Waals surface area contributed by atoms with Gasteiger partial charge in [0, 0.05) is 6.17 Å². The third-order valence-electron chi connectivity index (χ3n) is 2.26. The van der Waals surface area contributed by atoms with Crippen LogP contribution < -0.4 is 10.9 Å². The van der Waals surface area contributed by atoms with E-state index in [9.17, 15) is 0 Å². The van der Waals surface area contributed by atoms with Crippen molar-refractivity contribution in [3.8, 4) is 0 Å². The van der Waals surface area contributed by atoms with Crippen LogP contribution in [0.4, 0.5) is 0 Å². The summed E-state index contributed by atoms with van der Waals surface area (Å²) in [6, 6.07) is 10.2. The number of hydrogen-bond acceptors (Lipinski definition) is 2. The van der Waals surface area contributed by atoms with Crippen LogP contribution in [0, 0.1) is 0 Å². The molecule has 4 heteroatoms. The maximum absolute atomic E-state index is 5.75. The molecule has 0 amide bonds. The Kier molecular flexibility index (Phi) is 3.62. The number of hydrogen-bond donors (Lipinski definition) is 1. The number of rotatable bonds is 4. The molecule has 0 aliphatic rings. The SMILES string of the molecule is C=C[Si](CN)(O[SiH3])c1ccccc1. The van der Waals surface area contributed by atoms with Crippen LogP contribution >= 0.6 is 0 Å². The molecule has 13 heavy (non-hydrogen) atoms. The van der Waals surface area contributed by atoms with Crippen molar-refractivity contribution >= 4 is 24.0 Å². The van der Waals surface area contributed by atoms with Crippen LogP contribution in [-0.2, 0) is 4.12 Å². The van der Waals surface area contributed by atoms with E-state index in [2.05, 4.69) is 18.7 Å². The molecule has 70 valence electrons. The highest BCUT2D eigenvalue weighted by molar-refractivity contribution is 6.92. The highest BCUT2D eigenvalue weighted by Crippen LogP contribution is 2.03. The van der Waals surface area contributed by atoms with Crippen LogP contribution in [-0.4, -0.2) is 25.0 Å². The van der Waals surface area contributed by atoms with E-state index >= 15 is 0 Å². The Balaban J connectivity index is 3.08. The van der Waals surface area contributed by atoms with E-state index in [-0.39, 0.29) is 0 Å². The van der Waals surface area contributed by atoms with Crippen molar-refractivity contribution in [1.29, 1.82) is 0 Å². The monoisotopic (exact) mass is 209 g/mol. The van der Waals surface area contributed by atoms with E-state index in [4.69, 9.17) is 9.85 Å². The minimum Gasteiger partial charge on any atom is -0.457 e. The molecule has 0 aromatic heterocycles. The van der Waals surface area contributed by atoms with Gasteiger partial charge in [0.2, 0.25) is 8.32 Å². The molecule has 1 unspecified atom stereocenters. The van der Waals surface area contributed by atoms with Gasteiger partial charge in [0.05, 0.1) is 0 Å². The topological polar surface area (TPSA) is 35.2 Å². The van der Waals surface area contributed by atoms with Gasteiger partial charge in [-0.2, -0.15) is 0 Å². The highest BCUT2D eigenvalue weighted by Gasteiger charge is 2.29. The zero-order valence-electron chi connectivity index (χ0n) is 7.86. The van der Waals surface area contributed by atoms with Gasteiger partial charge in [-0.3, -0.25) is 0 Å². The van der Waals surface area contributed by atoms with Gasteiger partial charge in [-0.1, -0.05) is 36.0 Å². The lowest BCUT2D eigenvalue weighted by Gasteiger charge is -2.25. The molecule has 1 aromatic rings. The van der Waals surface area contributed by atoms with Gasteiger partial charge in [-0.05, 0) is 5.19 Å². The Bertz CT molecular complexity index is 272. The molecule has 0 heterocycles. The molecular formula is C9H15NOSi2. The summed E-state index contributed by atoms with van der Waals surface area (Å²) in [6.45, 7) is 3.83. The van der Waals surface area contributed by atoms with Gasteiger partial charge >= 0.3 is 0 Å². The van der Waals surface area contributed by atoms with E-state index in [1.807, 2.05) is 23.9 Å². The Morgan fingerprint density at radius 2 is 2.08 bits per heavy atom. The summed E-state index contributed by atoms with van der Waals surface area (Å²) in [6.07, 6.45) is 0.573. The maximum atomic E-state index is 5.75. The molecule has 0 spiro atoms. The largest absolute Gasteiger partial charge is 0.457 e. The molecule has 2 nitrogen and oxygen atoms in total. The standard InChI is InChI=1S/C9H15NOSi2/c1-2-13(8-10,11-12)9-6-4-3-5-7-9/h2-7H,1,8,10H2,12H3. The zero-order chi connectivity index (χ0) is 9.73. The Morgan fingerprint density at radius 1 is 1.46 bits per heavy atom. The summed E-state index contributed by atoms with van der Waals surface area (Å²) < 4.78 is 5.66. The molecule has 0 aliphatic carbocycles. The Morgan fingerprint density at radius 3 is 2.46 bits per heavy atom. The molecule has 1 rings (SSSR count). The molecule has 2 N–H and O–H groups in total. The third-order valence-corrected chi connectivity index (χ3v) is 7.75. The highest BCUT2D eigenvalue weighted by atomic mass is 28.4. The van der Waals surface area contributed by atoms with Crippen molar-refractivity contribution in [3.63, 3.8) is 0 Å². The van der Waals surface area contributed by atoms with Crippen LogP contribution in [0.5, 0.6) is 0 Å². The van der Waals surface area contributed by atoms with Gasteiger partial charge in [0.1, 0.15) is 10.5 Å². The summed E-state index contributed by atoms with van der Waals surface area (Å²) in [5.74, 6) is 0. The van der Waals surface area contributed by atoms with E-state index in [0.29, 0.717) is 16.7 Å². The van der Waals surface area contributed by atoms with Crippen LogP contribution in [0.15, 0.2) is 42.6 Å². The summed E-state index contributed by atoms with van der Waals surface area (Å²) in [5, 5.41) is 1.21. The Labute approximate surface area is 83.1 Å². The van der Waals surface area contributed by atoms with Gasteiger partial charge in [0.15, 0.2) is 0 Å². The molecule has 0 radical (unpaired) electrons. The first kappa shape index (κ1) is 10.4. The van der Waals surface area contributed by atoms with Crippen molar-refractivity contribution < 1.29 is 4.12 Å². The van der Waals surface area contributed by atoms with Crippen molar-refractivity contribution in [1.82, 2.24) is 0 Å². The minimum absolute atomic E-state index is 0.573. The molecule has 0 saturated carbocycles. The van der Waals surface area contributed by atoms with Crippen LogP contribution in [0.3, 0.4) is 0 Å². The average Bonchev–Trinajstić information content (AvgIpc) is 2.23. The molecule has 0 saturated heterocycles. The smallest absolute Gasteiger partial charge is 0.250 e. The first-order chi connectivity index (χ1) is 6.29. The lowest BCUT2D eigenvalue weighted by molar-refractivity contribution is 0.624. The summed E-state index contributed by atoms with van der Waals surface area (Å²) in [4.78, 5) is 0. The van der Waals surface area contributed by atoms with E-state index in [1.54, 1.807) is 0 Å². The van der Waals surface area contributed by atoms with Gasteiger partial charge < -0.3 is 9.85 Å². The van der Waals surface area contributed by atoms with Gasteiger partial charge in [-0.25, -0.2) is 0 Å². The van der Waals surface area contributed by atoms with Crippen molar-refractivity contribution in [2.45, 2.75) is 0 Å². The normalized spacial score (nSPS) is 15.2. The quantitative estimate of drug-likeness (QED) is 0.670. The number of benzene rings is 1. The summed E-state index contributed by atoms with van der Waals surface area (Å²) in [7, 11) is -1.28. The fourth-order valence-electron chi connectivity index (χ4n) is 1.32. The van der Waals surface area contributed by atoms with Gasteiger partial charge in [0.25, 0.3) is 0 Å². The second kappa shape index (κ2) is 4.52. The van der Waals surface area contributed by atoms with E-state index in [0.717, 1.165) is 0 Å². The first-order valence-electron chi connectivity index (χ1n) is 4.23. The summed E-state index contributed by atoms with van der Waals surface area (Å²) >= 11 is 0. The molecular weight excluding hydrogens is 194 g/mol. The Hall–Kier alpha value is -0.686. The lowest BCUT2D eigenvalue weighted by atomic mass is 10.4. The van der Waals surface area contributed by atoms with Crippen LogP contribution in [0.1, 0.15) is 0 Å². The predicted molar refractivity (Wildman–Crippen MR) is 62.1 cm³/mol. The minimum atomic E-state index is -1.99. The second-order valence-electron chi connectivity index (χ2n) is 2.87. The third kappa shape index (κ3) is 1.97. The molecule has 0 aliphatic heterocycles. The van der Waals surface area contributed by atoms with Crippen LogP contribution in [0.25, 0.3) is 0 Å². The fraction of sp³-hybridized carbons (Fsp3) is 0.111. The van der Waals surface area contributed by atoms with E-state index in [1.165, 1.54) is 5.19 Å². The van der Waals surface area contributed by atoms with Crippen molar-refractivity contribution in [2.75, 3.05) is 6.17 Å². The summed E-state index contributed by atoms with van der Waals surface area (Å²) in [5.41, 5.74) is 7.66. The average molecular weight is 209 g/mol. The fourth-order valence-corrected chi connectivity index (χ4v) is 4.99. The molecule has 1 atom stereocenters. The second-order valence-corrected chi connectivity index (χ2v) is 7.67.